The van der Waals surface area contributed by atoms with Crippen molar-refractivity contribution in [3.8, 4) is 17.2 Å². The van der Waals surface area contributed by atoms with Gasteiger partial charge in [0.2, 0.25) is 0 Å². The maximum atomic E-state index is 11.7. The quantitative estimate of drug-likeness (QED) is 0.830. The van der Waals surface area contributed by atoms with Gasteiger partial charge in [0.15, 0.2) is 0 Å². The zero-order chi connectivity index (χ0) is 13.3. The molecule has 0 fully saturated rings. The fourth-order valence-electron chi connectivity index (χ4n) is 2.40. The second-order valence-electron chi connectivity index (χ2n) is 4.48. The highest BCUT2D eigenvalue weighted by atomic mass is 16.1. The van der Waals surface area contributed by atoms with Gasteiger partial charge in [-0.05, 0) is 43.5 Å². The highest BCUT2D eigenvalue weighted by molar-refractivity contribution is 5.75. The summed E-state index contributed by atoms with van der Waals surface area (Å²) in [5.74, 6) is 0. The lowest BCUT2D eigenvalue weighted by Gasteiger charge is -2.12. The molecule has 0 unspecified atom stereocenters. The predicted octanol–water partition coefficient (Wildman–Crippen LogP) is 2.84. The highest BCUT2D eigenvalue weighted by Gasteiger charge is 2.13. The Morgan fingerprint density at radius 3 is 2.33 bits per heavy atom. The van der Waals surface area contributed by atoms with Gasteiger partial charge in [0.05, 0.1) is 0 Å². The van der Waals surface area contributed by atoms with E-state index in [4.69, 9.17) is 5.26 Å². The fraction of sp³-hybridized carbons (Fsp3) is 0.200. The average Bonchev–Trinajstić information content (AvgIpc) is 2.27. The summed E-state index contributed by atoms with van der Waals surface area (Å²) >= 11 is 0. The number of aryl methyl sites for hydroxylation is 3. The van der Waals surface area contributed by atoms with Crippen LogP contribution < -0.4 is 5.56 Å². The zero-order valence-electron chi connectivity index (χ0n) is 10.7. The van der Waals surface area contributed by atoms with E-state index in [2.05, 4.69) is 17.1 Å². The number of benzene rings is 1. The number of pyridine rings is 1. The molecule has 0 amide bonds. The molecular weight excluding hydrogens is 224 g/mol. The smallest absolute Gasteiger partial charge is 0.266 e. The average molecular weight is 238 g/mol. The number of H-pyrrole nitrogens is 1. The van der Waals surface area contributed by atoms with E-state index in [1.165, 1.54) is 5.56 Å². The monoisotopic (exact) mass is 238 g/mol. The van der Waals surface area contributed by atoms with Crippen LogP contribution in [0.2, 0.25) is 0 Å². The Bertz CT molecular complexity index is 682. The number of hydrogen-bond donors (Lipinski definition) is 1. The largest absolute Gasteiger partial charge is 0.328 e. The van der Waals surface area contributed by atoms with E-state index in [-0.39, 0.29) is 11.1 Å². The molecule has 0 saturated heterocycles. The Balaban J connectivity index is 2.83. The van der Waals surface area contributed by atoms with Crippen LogP contribution in [0.1, 0.15) is 22.3 Å². The molecule has 2 rings (SSSR count). The lowest BCUT2D eigenvalue weighted by atomic mass is 9.92. The topological polar surface area (TPSA) is 56.6 Å². The summed E-state index contributed by atoms with van der Waals surface area (Å²) in [4.78, 5) is 14.2. The third kappa shape index (κ3) is 1.93. The molecule has 18 heavy (non-hydrogen) atoms. The molecular formula is C15H14N2O. The molecule has 3 nitrogen and oxygen atoms in total. The van der Waals surface area contributed by atoms with Crippen LogP contribution in [-0.2, 0) is 0 Å². The fourth-order valence-corrected chi connectivity index (χ4v) is 2.40. The van der Waals surface area contributed by atoms with E-state index in [0.29, 0.717) is 5.56 Å². The van der Waals surface area contributed by atoms with E-state index < -0.39 is 0 Å². The molecule has 90 valence electrons. The Kier molecular flexibility index (Phi) is 3.03. The molecule has 0 aliphatic rings. The number of aromatic amines is 1. The second kappa shape index (κ2) is 4.50. The van der Waals surface area contributed by atoms with Crippen molar-refractivity contribution in [1.29, 1.82) is 5.26 Å². The number of nitrogens with one attached hydrogen (secondary N) is 1. The van der Waals surface area contributed by atoms with Crippen molar-refractivity contribution in [1.82, 2.24) is 4.98 Å². The van der Waals surface area contributed by atoms with Crippen molar-refractivity contribution >= 4 is 0 Å². The Morgan fingerprint density at radius 1 is 1.17 bits per heavy atom. The van der Waals surface area contributed by atoms with Gasteiger partial charge in [0, 0.05) is 11.8 Å². The molecule has 0 atom stereocenters. The molecule has 0 bridgehead atoms. The molecule has 2 aromatic rings. The molecule has 1 heterocycles. The molecule has 0 aliphatic carbocycles. The standard InChI is InChI=1S/C15H14N2O/c1-9-6-10(2)14(11(3)7-9)12-4-5-17-15(18)13(12)8-16/h4-7H,1-3H3,(H,17,18). The number of aromatic nitrogens is 1. The summed E-state index contributed by atoms with van der Waals surface area (Å²) in [5.41, 5.74) is 4.85. The van der Waals surface area contributed by atoms with Crippen LogP contribution in [0, 0.1) is 32.1 Å². The van der Waals surface area contributed by atoms with Gasteiger partial charge >= 0.3 is 0 Å². The number of nitriles is 1. The maximum Gasteiger partial charge on any atom is 0.266 e. The second-order valence-corrected chi connectivity index (χ2v) is 4.48. The van der Waals surface area contributed by atoms with Crippen LogP contribution in [0.4, 0.5) is 0 Å². The predicted molar refractivity (Wildman–Crippen MR) is 71.4 cm³/mol. The minimum atomic E-state index is -0.339. The van der Waals surface area contributed by atoms with Crippen LogP contribution in [0.5, 0.6) is 0 Å². The van der Waals surface area contributed by atoms with E-state index in [1.807, 2.05) is 26.8 Å². The summed E-state index contributed by atoms with van der Waals surface area (Å²) in [6.45, 7) is 6.03. The van der Waals surface area contributed by atoms with E-state index in [1.54, 1.807) is 12.3 Å². The third-order valence-electron chi connectivity index (χ3n) is 3.02. The molecule has 1 aromatic heterocycles. The van der Waals surface area contributed by atoms with Crippen molar-refractivity contribution in [3.63, 3.8) is 0 Å². The van der Waals surface area contributed by atoms with E-state index in [0.717, 1.165) is 16.7 Å². The Morgan fingerprint density at radius 2 is 1.78 bits per heavy atom. The summed E-state index contributed by atoms with van der Waals surface area (Å²) in [5, 5.41) is 9.13. The van der Waals surface area contributed by atoms with Crippen LogP contribution in [-0.4, -0.2) is 4.98 Å². The Labute approximate surface area is 106 Å². The van der Waals surface area contributed by atoms with Crippen molar-refractivity contribution in [3.05, 3.63) is 57.0 Å². The van der Waals surface area contributed by atoms with Gasteiger partial charge in [-0.25, -0.2) is 0 Å². The molecule has 1 aromatic carbocycles. The normalized spacial score (nSPS) is 10.1. The van der Waals surface area contributed by atoms with Crippen LogP contribution in [0.25, 0.3) is 11.1 Å². The first-order chi connectivity index (χ1) is 8.54. The molecule has 0 aliphatic heterocycles. The molecule has 0 saturated carbocycles. The van der Waals surface area contributed by atoms with Crippen molar-refractivity contribution < 1.29 is 0 Å². The highest BCUT2D eigenvalue weighted by Crippen LogP contribution is 2.29. The number of hydrogen-bond acceptors (Lipinski definition) is 2. The van der Waals surface area contributed by atoms with Gasteiger partial charge in [-0.15, -0.1) is 0 Å². The SMILES string of the molecule is Cc1cc(C)c(-c2cc[nH]c(=O)c2C#N)c(C)c1. The lowest BCUT2D eigenvalue weighted by Crippen LogP contribution is -2.11. The number of nitrogens with zero attached hydrogens (tertiary/aromatic N) is 1. The van der Waals surface area contributed by atoms with Gasteiger partial charge in [0.1, 0.15) is 11.6 Å². The first-order valence-electron chi connectivity index (χ1n) is 5.74. The maximum absolute atomic E-state index is 11.7. The van der Waals surface area contributed by atoms with Crippen LogP contribution in [0.15, 0.2) is 29.2 Å². The summed E-state index contributed by atoms with van der Waals surface area (Å²) in [6.07, 6.45) is 1.58. The van der Waals surface area contributed by atoms with E-state index >= 15 is 0 Å². The molecule has 1 N–H and O–H groups in total. The minimum Gasteiger partial charge on any atom is -0.328 e. The summed E-state index contributed by atoms with van der Waals surface area (Å²) in [6, 6.07) is 7.89. The van der Waals surface area contributed by atoms with Crippen molar-refractivity contribution in [2.45, 2.75) is 20.8 Å². The number of rotatable bonds is 1. The van der Waals surface area contributed by atoms with Crippen molar-refractivity contribution in [2.24, 2.45) is 0 Å². The first kappa shape index (κ1) is 12.1. The summed E-state index contributed by atoms with van der Waals surface area (Å²) in [7, 11) is 0. The Hall–Kier alpha value is -2.34. The lowest BCUT2D eigenvalue weighted by molar-refractivity contribution is 1.21. The third-order valence-corrected chi connectivity index (χ3v) is 3.02. The first-order valence-corrected chi connectivity index (χ1v) is 5.74. The van der Waals surface area contributed by atoms with E-state index in [9.17, 15) is 4.79 Å². The zero-order valence-corrected chi connectivity index (χ0v) is 10.7. The summed E-state index contributed by atoms with van der Waals surface area (Å²) < 4.78 is 0. The van der Waals surface area contributed by atoms with Crippen LogP contribution >= 0.6 is 0 Å². The van der Waals surface area contributed by atoms with Gasteiger partial charge in [-0.2, -0.15) is 5.26 Å². The molecule has 3 heteroatoms. The molecule has 0 spiro atoms. The molecule has 0 radical (unpaired) electrons. The van der Waals surface area contributed by atoms with Gasteiger partial charge in [-0.1, -0.05) is 17.7 Å². The van der Waals surface area contributed by atoms with Crippen LogP contribution in [0.3, 0.4) is 0 Å². The van der Waals surface area contributed by atoms with Gasteiger partial charge in [-0.3, -0.25) is 4.79 Å². The van der Waals surface area contributed by atoms with Gasteiger partial charge in [0.25, 0.3) is 5.56 Å². The van der Waals surface area contributed by atoms with Gasteiger partial charge < -0.3 is 4.98 Å². The minimum absolute atomic E-state index is 0.174. The van der Waals surface area contributed by atoms with Crippen molar-refractivity contribution in [2.75, 3.05) is 0 Å².